The standard InChI is InChI=1S/C15H13NO2/c1-11-2-4-12(5-3-11)6-7-14-10-13(15(17)18)8-9-16-14/h2-10H,1H3,(H,17,18)/b7-6+. The number of rotatable bonds is 3. The predicted molar refractivity (Wildman–Crippen MR) is 71.3 cm³/mol. The molecule has 1 N–H and O–H groups in total. The van der Waals surface area contributed by atoms with Gasteiger partial charge in [0.25, 0.3) is 0 Å². The highest BCUT2D eigenvalue weighted by molar-refractivity contribution is 5.88. The maximum Gasteiger partial charge on any atom is 0.335 e. The highest BCUT2D eigenvalue weighted by atomic mass is 16.4. The molecule has 3 heteroatoms. The first-order valence-corrected chi connectivity index (χ1v) is 5.59. The number of hydrogen-bond donors (Lipinski definition) is 1. The molecule has 0 aliphatic heterocycles. The fraction of sp³-hybridized carbons (Fsp3) is 0.0667. The van der Waals surface area contributed by atoms with Crippen LogP contribution in [0.25, 0.3) is 12.2 Å². The molecule has 3 nitrogen and oxygen atoms in total. The van der Waals surface area contributed by atoms with E-state index in [1.807, 2.05) is 37.3 Å². The van der Waals surface area contributed by atoms with Crippen LogP contribution >= 0.6 is 0 Å². The van der Waals surface area contributed by atoms with Crippen molar-refractivity contribution in [1.82, 2.24) is 4.98 Å². The number of benzene rings is 1. The normalized spacial score (nSPS) is 10.7. The van der Waals surface area contributed by atoms with Crippen molar-refractivity contribution in [1.29, 1.82) is 0 Å². The minimum Gasteiger partial charge on any atom is -0.478 e. The van der Waals surface area contributed by atoms with Crippen LogP contribution in [-0.4, -0.2) is 16.1 Å². The molecule has 2 aromatic rings. The van der Waals surface area contributed by atoms with Gasteiger partial charge in [-0.3, -0.25) is 4.98 Å². The van der Waals surface area contributed by atoms with Gasteiger partial charge in [0, 0.05) is 6.20 Å². The van der Waals surface area contributed by atoms with Crippen molar-refractivity contribution >= 4 is 18.1 Å². The van der Waals surface area contributed by atoms with E-state index >= 15 is 0 Å². The molecule has 0 aliphatic carbocycles. The summed E-state index contributed by atoms with van der Waals surface area (Å²) in [6.07, 6.45) is 5.21. The third-order valence-electron chi connectivity index (χ3n) is 2.55. The lowest BCUT2D eigenvalue weighted by Crippen LogP contribution is -1.96. The average Bonchev–Trinajstić information content (AvgIpc) is 2.38. The highest BCUT2D eigenvalue weighted by Crippen LogP contribution is 2.09. The highest BCUT2D eigenvalue weighted by Gasteiger charge is 2.01. The van der Waals surface area contributed by atoms with E-state index in [1.54, 1.807) is 12.1 Å². The molecule has 0 amide bonds. The number of pyridine rings is 1. The van der Waals surface area contributed by atoms with Crippen LogP contribution in [0.4, 0.5) is 0 Å². The van der Waals surface area contributed by atoms with Gasteiger partial charge >= 0.3 is 5.97 Å². The number of aryl methyl sites for hydroxylation is 1. The van der Waals surface area contributed by atoms with E-state index in [4.69, 9.17) is 5.11 Å². The second kappa shape index (κ2) is 5.27. The third kappa shape index (κ3) is 3.04. The van der Waals surface area contributed by atoms with Crippen molar-refractivity contribution in [3.63, 3.8) is 0 Å². The molecular weight excluding hydrogens is 226 g/mol. The Balaban J connectivity index is 2.20. The number of carboxylic acid groups (broad SMARTS) is 1. The van der Waals surface area contributed by atoms with E-state index in [-0.39, 0.29) is 5.56 Å². The third-order valence-corrected chi connectivity index (χ3v) is 2.55. The van der Waals surface area contributed by atoms with Gasteiger partial charge in [-0.05, 0) is 30.7 Å². The zero-order valence-electron chi connectivity index (χ0n) is 10.00. The SMILES string of the molecule is Cc1ccc(/C=C/c2cc(C(=O)O)ccn2)cc1. The predicted octanol–water partition coefficient (Wildman–Crippen LogP) is 3.26. The van der Waals surface area contributed by atoms with E-state index in [0.29, 0.717) is 5.69 Å². The van der Waals surface area contributed by atoms with Gasteiger partial charge in [-0.1, -0.05) is 35.9 Å². The Morgan fingerprint density at radius 1 is 1.17 bits per heavy atom. The van der Waals surface area contributed by atoms with Crippen molar-refractivity contribution in [2.75, 3.05) is 0 Å². The molecule has 18 heavy (non-hydrogen) atoms. The van der Waals surface area contributed by atoms with E-state index in [2.05, 4.69) is 4.98 Å². The van der Waals surface area contributed by atoms with E-state index in [9.17, 15) is 4.79 Å². The molecule has 90 valence electrons. The van der Waals surface area contributed by atoms with Gasteiger partial charge < -0.3 is 5.11 Å². The fourth-order valence-corrected chi connectivity index (χ4v) is 1.53. The van der Waals surface area contributed by atoms with Gasteiger partial charge in [-0.2, -0.15) is 0 Å². The number of carbonyl (C=O) groups is 1. The maximum atomic E-state index is 10.8. The first-order valence-electron chi connectivity index (χ1n) is 5.59. The Morgan fingerprint density at radius 3 is 2.56 bits per heavy atom. The van der Waals surface area contributed by atoms with Crippen molar-refractivity contribution < 1.29 is 9.90 Å². The molecule has 1 aromatic heterocycles. The Labute approximate surface area is 105 Å². The molecule has 2 rings (SSSR count). The van der Waals surface area contributed by atoms with Crippen LogP contribution in [0.3, 0.4) is 0 Å². The van der Waals surface area contributed by atoms with E-state index < -0.39 is 5.97 Å². The summed E-state index contributed by atoms with van der Waals surface area (Å²) in [5.74, 6) is -0.942. The molecule has 0 radical (unpaired) electrons. The summed E-state index contributed by atoms with van der Waals surface area (Å²) in [6, 6.07) is 11.1. The van der Waals surface area contributed by atoms with E-state index in [0.717, 1.165) is 5.56 Å². The first-order chi connectivity index (χ1) is 8.65. The quantitative estimate of drug-likeness (QED) is 0.894. The molecular formula is C15H13NO2. The largest absolute Gasteiger partial charge is 0.478 e. The summed E-state index contributed by atoms with van der Waals surface area (Å²) >= 11 is 0. The lowest BCUT2D eigenvalue weighted by molar-refractivity contribution is 0.0696. The Kier molecular flexibility index (Phi) is 3.53. The lowest BCUT2D eigenvalue weighted by Gasteiger charge is -1.97. The van der Waals surface area contributed by atoms with Crippen LogP contribution in [0.15, 0.2) is 42.6 Å². The summed E-state index contributed by atoms with van der Waals surface area (Å²) in [5, 5.41) is 8.87. The zero-order chi connectivity index (χ0) is 13.0. The smallest absolute Gasteiger partial charge is 0.335 e. The summed E-state index contributed by atoms with van der Waals surface area (Å²) in [7, 11) is 0. The molecule has 0 saturated carbocycles. The summed E-state index contributed by atoms with van der Waals surface area (Å²) < 4.78 is 0. The first kappa shape index (κ1) is 12.0. The Bertz CT molecular complexity index is 586. The second-order valence-corrected chi connectivity index (χ2v) is 4.02. The van der Waals surface area contributed by atoms with Crippen molar-refractivity contribution in [3.8, 4) is 0 Å². The molecule has 1 aromatic carbocycles. The number of nitrogens with zero attached hydrogens (tertiary/aromatic N) is 1. The fourth-order valence-electron chi connectivity index (χ4n) is 1.53. The topological polar surface area (TPSA) is 50.2 Å². The second-order valence-electron chi connectivity index (χ2n) is 4.02. The molecule has 0 bridgehead atoms. The number of aromatic nitrogens is 1. The number of aromatic carboxylic acids is 1. The van der Waals surface area contributed by atoms with Crippen LogP contribution in [0.1, 0.15) is 27.2 Å². The molecule has 0 spiro atoms. The summed E-state index contributed by atoms with van der Waals surface area (Å²) in [6.45, 7) is 2.03. The number of carboxylic acids is 1. The zero-order valence-corrected chi connectivity index (χ0v) is 10.00. The van der Waals surface area contributed by atoms with E-state index in [1.165, 1.54) is 17.8 Å². The van der Waals surface area contributed by atoms with Gasteiger partial charge in [0.05, 0.1) is 11.3 Å². The molecule has 0 aliphatic rings. The number of hydrogen-bond acceptors (Lipinski definition) is 2. The minimum absolute atomic E-state index is 0.244. The van der Waals surface area contributed by atoms with Gasteiger partial charge in [0.1, 0.15) is 0 Å². The van der Waals surface area contributed by atoms with Gasteiger partial charge in [-0.15, -0.1) is 0 Å². The van der Waals surface area contributed by atoms with Crippen molar-refractivity contribution in [2.45, 2.75) is 6.92 Å². The molecule has 0 unspecified atom stereocenters. The van der Waals surface area contributed by atoms with Crippen molar-refractivity contribution in [2.24, 2.45) is 0 Å². The maximum absolute atomic E-state index is 10.8. The van der Waals surface area contributed by atoms with Crippen LogP contribution in [0.5, 0.6) is 0 Å². The average molecular weight is 239 g/mol. The van der Waals surface area contributed by atoms with Crippen LogP contribution in [0, 0.1) is 6.92 Å². The van der Waals surface area contributed by atoms with Gasteiger partial charge in [0.15, 0.2) is 0 Å². The van der Waals surface area contributed by atoms with Gasteiger partial charge in [-0.25, -0.2) is 4.79 Å². The van der Waals surface area contributed by atoms with Crippen molar-refractivity contribution in [3.05, 3.63) is 65.0 Å². The monoisotopic (exact) mass is 239 g/mol. The molecule has 0 fully saturated rings. The molecule has 1 heterocycles. The Morgan fingerprint density at radius 2 is 1.89 bits per heavy atom. The molecule has 0 atom stereocenters. The van der Waals surface area contributed by atoms with Crippen LogP contribution < -0.4 is 0 Å². The van der Waals surface area contributed by atoms with Crippen LogP contribution in [0.2, 0.25) is 0 Å². The van der Waals surface area contributed by atoms with Gasteiger partial charge in [0.2, 0.25) is 0 Å². The minimum atomic E-state index is -0.942. The Hall–Kier alpha value is -2.42. The lowest BCUT2D eigenvalue weighted by atomic mass is 10.1. The van der Waals surface area contributed by atoms with Crippen LogP contribution in [-0.2, 0) is 0 Å². The summed E-state index contributed by atoms with van der Waals surface area (Å²) in [4.78, 5) is 14.9. The summed E-state index contributed by atoms with van der Waals surface area (Å²) in [5.41, 5.74) is 3.14. The molecule has 0 saturated heterocycles.